The lowest BCUT2D eigenvalue weighted by molar-refractivity contribution is -0.130. The average molecular weight is 369 g/mol. The monoisotopic (exact) mass is 369 g/mol. The van der Waals surface area contributed by atoms with Gasteiger partial charge in [-0.1, -0.05) is 12.1 Å². The topological polar surface area (TPSA) is 52.7 Å². The molecule has 1 atom stereocenters. The molecule has 142 valence electrons. The van der Waals surface area contributed by atoms with E-state index in [1.54, 1.807) is 42.8 Å². The van der Waals surface area contributed by atoms with Gasteiger partial charge in [0.1, 0.15) is 11.9 Å². The van der Waals surface area contributed by atoms with Gasteiger partial charge >= 0.3 is 0 Å². The maximum atomic E-state index is 13.3. The molecule has 3 rings (SSSR count). The van der Waals surface area contributed by atoms with E-state index in [1.807, 2.05) is 18.2 Å². The summed E-state index contributed by atoms with van der Waals surface area (Å²) >= 11 is 0. The molecule has 1 unspecified atom stereocenters. The second-order valence-electron chi connectivity index (χ2n) is 6.95. The zero-order chi connectivity index (χ0) is 19.6. The molecule has 0 aromatic heterocycles. The van der Waals surface area contributed by atoms with Crippen LogP contribution in [-0.4, -0.2) is 36.3 Å². The van der Waals surface area contributed by atoms with Crippen molar-refractivity contribution in [3.63, 3.8) is 0 Å². The van der Waals surface area contributed by atoms with Crippen LogP contribution < -0.4 is 10.2 Å². The molecule has 5 nitrogen and oxygen atoms in total. The van der Waals surface area contributed by atoms with Crippen molar-refractivity contribution >= 4 is 23.2 Å². The maximum absolute atomic E-state index is 13.3. The smallest absolute Gasteiger partial charge is 0.244 e. The van der Waals surface area contributed by atoms with Crippen molar-refractivity contribution in [3.05, 3.63) is 59.4 Å². The first-order valence-electron chi connectivity index (χ1n) is 9.02. The van der Waals surface area contributed by atoms with Crippen molar-refractivity contribution in [1.29, 1.82) is 0 Å². The number of hydrogen-bond acceptors (Lipinski definition) is 3. The Bertz CT molecular complexity index is 868. The SMILES string of the molecule is CC(=O)N1CCc2cc(NC(C)C(=O)N(C)Cc3cccc(F)c3)ccc21. The van der Waals surface area contributed by atoms with E-state index in [4.69, 9.17) is 0 Å². The van der Waals surface area contributed by atoms with E-state index < -0.39 is 6.04 Å². The summed E-state index contributed by atoms with van der Waals surface area (Å²) in [6, 6.07) is 11.6. The number of fused-ring (bicyclic) bond motifs is 1. The average Bonchev–Trinajstić information content (AvgIpc) is 3.04. The Morgan fingerprint density at radius 2 is 2.04 bits per heavy atom. The first-order valence-corrected chi connectivity index (χ1v) is 9.02. The lowest BCUT2D eigenvalue weighted by Gasteiger charge is -2.23. The number of nitrogens with zero attached hydrogens (tertiary/aromatic N) is 2. The van der Waals surface area contributed by atoms with Gasteiger partial charge in [0, 0.05) is 38.4 Å². The normalized spacial score (nSPS) is 13.9. The number of carbonyl (C=O) groups excluding carboxylic acids is 2. The Morgan fingerprint density at radius 3 is 2.74 bits per heavy atom. The summed E-state index contributed by atoms with van der Waals surface area (Å²) in [4.78, 5) is 27.6. The van der Waals surface area contributed by atoms with Gasteiger partial charge in [-0.25, -0.2) is 4.39 Å². The summed E-state index contributed by atoms with van der Waals surface area (Å²) < 4.78 is 13.3. The van der Waals surface area contributed by atoms with Gasteiger partial charge < -0.3 is 15.1 Å². The minimum atomic E-state index is -0.424. The van der Waals surface area contributed by atoms with E-state index in [0.29, 0.717) is 13.1 Å². The largest absolute Gasteiger partial charge is 0.374 e. The number of benzene rings is 2. The third kappa shape index (κ3) is 4.27. The predicted octanol–water partition coefficient (Wildman–Crippen LogP) is 3.19. The molecular weight excluding hydrogens is 345 g/mol. The Labute approximate surface area is 158 Å². The number of rotatable bonds is 5. The molecule has 0 fully saturated rings. The van der Waals surface area contributed by atoms with Crippen LogP contribution in [-0.2, 0) is 22.6 Å². The Balaban J connectivity index is 1.64. The minimum Gasteiger partial charge on any atom is -0.374 e. The molecule has 27 heavy (non-hydrogen) atoms. The second-order valence-corrected chi connectivity index (χ2v) is 6.95. The van der Waals surface area contributed by atoms with Crippen LogP contribution in [0.3, 0.4) is 0 Å². The van der Waals surface area contributed by atoms with Crippen molar-refractivity contribution < 1.29 is 14.0 Å². The molecule has 1 aliphatic heterocycles. The summed E-state index contributed by atoms with van der Waals surface area (Å²) in [5.41, 5.74) is 3.64. The number of halogens is 1. The fourth-order valence-corrected chi connectivity index (χ4v) is 3.45. The van der Waals surface area contributed by atoms with Gasteiger partial charge in [0.05, 0.1) is 0 Å². The van der Waals surface area contributed by atoms with Gasteiger partial charge in [0.25, 0.3) is 0 Å². The van der Waals surface area contributed by atoms with Gasteiger partial charge in [-0.2, -0.15) is 0 Å². The molecule has 1 N–H and O–H groups in total. The van der Waals surface area contributed by atoms with Gasteiger partial charge in [0.15, 0.2) is 0 Å². The Morgan fingerprint density at radius 1 is 1.26 bits per heavy atom. The van der Waals surface area contributed by atoms with Crippen molar-refractivity contribution in [2.75, 3.05) is 23.8 Å². The zero-order valence-corrected chi connectivity index (χ0v) is 15.8. The third-order valence-electron chi connectivity index (χ3n) is 4.79. The quantitative estimate of drug-likeness (QED) is 0.881. The van der Waals surface area contributed by atoms with Crippen LogP contribution in [0.5, 0.6) is 0 Å². The fraction of sp³-hybridized carbons (Fsp3) is 0.333. The first-order chi connectivity index (χ1) is 12.8. The number of amides is 2. The number of anilines is 2. The lowest BCUT2D eigenvalue weighted by Crippen LogP contribution is -2.38. The van der Waals surface area contributed by atoms with Crippen LogP contribution in [0.1, 0.15) is 25.0 Å². The van der Waals surface area contributed by atoms with Crippen LogP contribution >= 0.6 is 0 Å². The van der Waals surface area contributed by atoms with Gasteiger partial charge in [-0.15, -0.1) is 0 Å². The summed E-state index contributed by atoms with van der Waals surface area (Å²) in [7, 11) is 1.71. The van der Waals surface area contributed by atoms with E-state index in [2.05, 4.69) is 5.32 Å². The second kappa shape index (κ2) is 7.78. The molecule has 1 aliphatic rings. The Kier molecular flexibility index (Phi) is 5.44. The molecule has 0 spiro atoms. The molecule has 0 saturated heterocycles. The van der Waals surface area contributed by atoms with Crippen LogP contribution in [0.4, 0.5) is 15.8 Å². The molecule has 1 heterocycles. The highest BCUT2D eigenvalue weighted by Crippen LogP contribution is 2.30. The van der Waals surface area contributed by atoms with E-state index in [9.17, 15) is 14.0 Å². The summed E-state index contributed by atoms with van der Waals surface area (Å²) in [5.74, 6) is -0.348. The highest BCUT2D eigenvalue weighted by molar-refractivity contribution is 5.94. The number of hydrogen-bond donors (Lipinski definition) is 1. The van der Waals surface area contributed by atoms with Crippen molar-refractivity contribution in [1.82, 2.24) is 4.90 Å². The number of carbonyl (C=O) groups is 2. The molecule has 0 bridgehead atoms. The summed E-state index contributed by atoms with van der Waals surface area (Å²) in [6.45, 7) is 4.41. The molecule has 0 saturated carbocycles. The predicted molar refractivity (Wildman–Crippen MR) is 104 cm³/mol. The zero-order valence-electron chi connectivity index (χ0n) is 15.8. The maximum Gasteiger partial charge on any atom is 0.244 e. The molecule has 2 amide bonds. The fourth-order valence-electron chi connectivity index (χ4n) is 3.45. The Hall–Kier alpha value is -2.89. The van der Waals surface area contributed by atoms with Crippen molar-refractivity contribution in [2.45, 2.75) is 32.9 Å². The highest BCUT2D eigenvalue weighted by atomic mass is 19.1. The molecular formula is C21H24FN3O2. The molecule has 6 heteroatoms. The van der Waals surface area contributed by atoms with Crippen LogP contribution in [0.15, 0.2) is 42.5 Å². The molecule has 0 aliphatic carbocycles. The first kappa shape index (κ1) is 18.9. The highest BCUT2D eigenvalue weighted by Gasteiger charge is 2.23. The van der Waals surface area contributed by atoms with E-state index in [1.165, 1.54) is 12.1 Å². The molecule has 0 radical (unpaired) electrons. The summed E-state index contributed by atoms with van der Waals surface area (Å²) in [6.07, 6.45) is 0.812. The summed E-state index contributed by atoms with van der Waals surface area (Å²) in [5, 5.41) is 3.22. The van der Waals surface area contributed by atoms with E-state index in [-0.39, 0.29) is 17.6 Å². The van der Waals surface area contributed by atoms with Gasteiger partial charge in [0.2, 0.25) is 11.8 Å². The van der Waals surface area contributed by atoms with Crippen LogP contribution in [0.25, 0.3) is 0 Å². The number of nitrogens with one attached hydrogen (secondary N) is 1. The van der Waals surface area contributed by atoms with Gasteiger partial charge in [-0.05, 0) is 54.8 Å². The molecule has 2 aromatic rings. The number of likely N-dealkylation sites (N-methyl/N-ethyl adjacent to an activating group) is 1. The molecule has 2 aromatic carbocycles. The van der Waals surface area contributed by atoms with Crippen molar-refractivity contribution in [3.8, 4) is 0 Å². The van der Waals surface area contributed by atoms with Gasteiger partial charge in [-0.3, -0.25) is 9.59 Å². The van der Waals surface area contributed by atoms with Crippen LogP contribution in [0.2, 0.25) is 0 Å². The van der Waals surface area contributed by atoms with E-state index >= 15 is 0 Å². The van der Waals surface area contributed by atoms with Crippen molar-refractivity contribution in [2.24, 2.45) is 0 Å². The third-order valence-corrected chi connectivity index (χ3v) is 4.79. The minimum absolute atomic E-state index is 0.0389. The lowest BCUT2D eigenvalue weighted by atomic mass is 10.1. The standard InChI is InChI=1S/C21H24FN3O2/c1-14(21(27)24(3)13-16-5-4-6-18(22)11-16)23-19-7-8-20-17(12-19)9-10-25(20)15(2)26/h4-8,11-12,14,23H,9-10,13H2,1-3H3. The van der Waals surface area contributed by atoms with Crippen LogP contribution in [0, 0.1) is 5.82 Å². The van der Waals surface area contributed by atoms with E-state index in [0.717, 1.165) is 28.9 Å².